The largest absolute Gasteiger partial charge is 0.366 e. The summed E-state index contributed by atoms with van der Waals surface area (Å²) in [4.78, 5) is 28.0. The van der Waals surface area contributed by atoms with Crippen LogP contribution in [0.3, 0.4) is 0 Å². The Morgan fingerprint density at radius 1 is 0.676 bits per heavy atom. The van der Waals surface area contributed by atoms with Crippen molar-refractivity contribution < 1.29 is 4.79 Å². The third-order valence-corrected chi connectivity index (χ3v) is 5.97. The van der Waals surface area contributed by atoms with Gasteiger partial charge in [0.25, 0.3) is 0 Å². The van der Waals surface area contributed by atoms with Crippen molar-refractivity contribution in [1.82, 2.24) is 19.9 Å². The van der Waals surface area contributed by atoms with E-state index >= 15 is 0 Å². The van der Waals surface area contributed by atoms with Crippen LogP contribution >= 0.6 is 0 Å². The molecule has 0 saturated carbocycles. The first kappa shape index (κ1) is 19.9. The number of benzene rings is 1. The molecule has 1 aromatic carbocycles. The van der Waals surface area contributed by atoms with E-state index in [1.807, 2.05) is 79.8 Å². The number of aryl methyl sites for hydroxylation is 1. The summed E-state index contributed by atoms with van der Waals surface area (Å²) >= 11 is 0. The second-order valence-corrected chi connectivity index (χ2v) is 8.48. The van der Waals surface area contributed by atoms with E-state index in [-0.39, 0.29) is 0 Å². The number of aromatic nitrogens is 4. The first-order chi connectivity index (χ1) is 16.5. The Morgan fingerprint density at radius 2 is 1.26 bits per heavy atom. The highest BCUT2D eigenvalue weighted by Gasteiger charge is 2.11. The maximum absolute atomic E-state index is 11.6. The molecule has 2 aliphatic heterocycles. The fourth-order valence-electron chi connectivity index (χ4n) is 4.36. The lowest BCUT2D eigenvalue weighted by Gasteiger charge is -2.06. The normalized spacial score (nSPS) is 12.3. The molecule has 1 amide bonds. The van der Waals surface area contributed by atoms with E-state index in [1.165, 1.54) is 0 Å². The zero-order valence-corrected chi connectivity index (χ0v) is 18.5. The lowest BCUT2D eigenvalue weighted by Crippen LogP contribution is -2.10. The Morgan fingerprint density at radius 3 is 1.85 bits per heavy atom. The Labute approximate surface area is 195 Å². The monoisotopic (exact) mass is 443 g/mol. The van der Waals surface area contributed by atoms with Gasteiger partial charge in [0, 0.05) is 33.2 Å². The van der Waals surface area contributed by atoms with Gasteiger partial charge in [0.05, 0.1) is 22.8 Å². The highest BCUT2D eigenvalue weighted by molar-refractivity contribution is 5.95. The Balaban J connectivity index is 1.64. The molecule has 0 fully saturated rings. The number of nitrogens with two attached hydrogens (primary N) is 1. The highest BCUT2D eigenvalue weighted by atomic mass is 16.1. The van der Waals surface area contributed by atoms with Crippen LogP contribution in [0.2, 0.25) is 0 Å². The molecule has 0 unspecified atom stereocenters. The molecule has 0 aliphatic carbocycles. The number of primary amides is 1. The molecule has 0 radical (unpaired) electrons. The maximum atomic E-state index is 11.6. The van der Waals surface area contributed by atoms with Gasteiger partial charge in [-0.2, -0.15) is 0 Å². The van der Waals surface area contributed by atoms with Gasteiger partial charge in [0.15, 0.2) is 0 Å². The van der Waals surface area contributed by atoms with Crippen molar-refractivity contribution in [3.63, 3.8) is 0 Å². The molecule has 0 spiro atoms. The van der Waals surface area contributed by atoms with Gasteiger partial charge in [-0.3, -0.25) is 4.79 Å². The van der Waals surface area contributed by atoms with Crippen molar-refractivity contribution in [2.24, 2.45) is 5.73 Å². The molecule has 0 atom stereocenters. The van der Waals surface area contributed by atoms with Crippen molar-refractivity contribution in [1.29, 1.82) is 0 Å². The average Bonchev–Trinajstić information content (AvgIpc) is 3.59. The first-order valence-electron chi connectivity index (χ1n) is 11.0. The van der Waals surface area contributed by atoms with Gasteiger partial charge in [-0.1, -0.05) is 6.07 Å². The molecule has 164 valence electrons. The average molecular weight is 444 g/mol. The van der Waals surface area contributed by atoms with Crippen LogP contribution in [0.1, 0.15) is 38.7 Å². The third-order valence-electron chi connectivity index (χ3n) is 5.97. The number of nitrogens with zero attached hydrogens (tertiary/aromatic N) is 2. The third kappa shape index (κ3) is 3.71. The predicted octanol–water partition coefficient (Wildman–Crippen LogP) is 5.73. The number of hydrogen-bond donors (Lipinski definition) is 3. The molecular formula is C28H21N5O. The van der Waals surface area contributed by atoms with Crippen molar-refractivity contribution >= 4 is 52.3 Å². The molecule has 2 aliphatic rings. The molecule has 8 bridgehead atoms. The van der Waals surface area contributed by atoms with Gasteiger partial charge in [0.2, 0.25) is 5.91 Å². The number of carbonyl (C=O) groups is 1. The number of fused-ring (bicyclic) bond motifs is 8. The minimum atomic E-state index is -0.435. The van der Waals surface area contributed by atoms with Gasteiger partial charge >= 0.3 is 0 Å². The van der Waals surface area contributed by atoms with E-state index in [1.54, 1.807) is 6.07 Å². The number of nitrogens with one attached hydrogen (secondary N) is 2. The molecular weight excluding hydrogens is 422 g/mol. The second kappa shape index (κ2) is 7.71. The van der Waals surface area contributed by atoms with Crippen LogP contribution in [-0.4, -0.2) is 25.8 Å². The lowest BCUT2D eigenvalue weighted by molar-refractivity contribution is 0.1000. The molecule has 3 aromatic heterocycles. The lowest BCUT2D eigenvalue weighted by atomic mass is 9.99. The summed E-state index contributed by atoms with van der Waals surface area (Å²) in [5.41, 5.74) is 16.3. The Hall–Kier alpha value is -4.71. The summed E-state index contributed by atoms with van der Waals surface area (Å²) in [6.45, 7) is 1.98. The van der Waals surface area contributed by atoms with Crippen molar-refractivity contribution in [2.45, 2.75) is 6.92 Å². The summed E-state index contributed by atoms with van der Waals surface area (Å²) in [5.74, 6) is -0.435. The minimum absolute atomic E-state index is 0.435. The summed E-state index contributed by atoms with van der Waals surface area (Å²) in [5, 5.41) is 0. The van der Waals surface area contributed by atoms with E-state index in [2.05, 4.69) is 16.0 Å². The van der Waals surface area contributed by atoms with E-state index in [4.69, 9.17) is 15.7 Å². The zero-order valence-electron chi connectivity index (χ0n) is 18.5. The number of rotatable bonds is 2. The van der Waals surface area contributed by atoms with Gasteiger partial charge in [-0.25, -0.2) is 9.97 Å². The van der Waals surface area contributed by atoms with Crippen molar-refractivity contribution in [2.75, 3.05) is 0 Å². The molecule has 6 heteroatoms. The first-order valence-corrected chi connectivity index (χ1v) is 11.0. The van der Waals surface area contributed by atoms with Crippen LogP contribution in [0.5, 0.6) is 0 Å². The Kier molecular flexibility index (Phi) is 4.52. The van der Waals surface area contributed by atoms with E-state index in [0.717, 1.165) is 61.5 Å². The van der Waals surface area contributed by atoms with Crippen LogP contribution in [0.15, 0.2) is 60.7 Å². The predicted molar refractivity (Wildman–Crippen MR) is 138 cm³/mol. The number of aromatic amines is 2. The molecule has 4 N–H and O–H groups in total. The molecule has 34 heavy (non-hydrogen) atoms. The van der Waals surface area contributed by atoms with Crippen LogP contribution in [-0.2, 0) is 0 Å². The number of H-pyrrole nitrogens is 2. The highest BCUT2D eigenvalue weighted by Crippen LogP contribution is 2.30. The fraction of sp³-hybridized carbons (Fsp3) is 0.0357. The fourth-order valence-corrected chi connectivity index (χ4v) is 4.36. The van der Waals surface area contributed by atoms with Crippen molar-refractivity contribution in [3.05, 3.63) is 94.6 Å². The maximum Gasteiger partial charge on any atom is 0.248 e. The molecule has 5 heterocycles. The van der Waals surface area contributed by atoms with E-state index < -0.39 is 5.91 Å². The van der Waals surface area contributed by atoms with E-state index in [9.17, 15) is 4.79 Å². The molecule has 4 aromatic rings. The zero-order chi connectivity index (χ0) is 23.2. The van der Waals surface area contributed by atoms with Crippen LogP contribution < -0.4 is 5.73 Å². The smallest absolute Gasteiger partial charge is 0.248 e. The van der Waals surface area contributed by atoms with E-state index in [0.29, 0.717) is 5.56 Å². The van der Waals surface area contributed by atoms with Crippen LogP contribution in [0, 0.1) is 6.92 Å². The number of carbonyl (C=O) groups excluding carboxylic acids is 1. The van der Waals surface area contributed by atoms with Gasteiger partial charge < -0.3 is 15.7 Å². The second-order valence-electron chi connectivity index (χ2n) is 8.48. The SMILES string of the molecule is Cc1cc(C(N)=O)ccc1-c1cc2cc3nc(cc4ccc(cc5nc(cc1[nH]2)C=C5)[nH]4)C=C3. The standard InChI is InChI=1S/C28H21N5O/c1-16-10-17(28(29)34)2-9-25(16)26-14-24-13-22-6-5-20(31-22)11-18-3-4-19(30-18)12-21-7-8-23(32-21)15-27(26)33-24/h2-15,30,33H,1H3,(H2,29,34). The Bertz CT molecular complexity index is 1700. The molecule has 0 saturated heterocycles. The van der Waals surface area contributed by atoms with Crippen LogP contribution in [0.4, 0.5) is 0 Å². The van der Waals surface area contributed by atoms with Crippen molar-refractivity contribution in [3.8, 4) is 11.1 Å². The minimum Gasteiger partial charge on any atom is -0.366 e. The quantitative estimate of drug-likeness (QED) is 0.319. The molecule has 6 nitrogen and oxygen atoms in total. The summed E-state index contributed by atoms with van der Waals surface area (Å²) in [6.07, 6.45) is 8.01. The topological polar surface area (TPSA) is 100 Å². The van der Waals surface area contributed by atoms with Crippen LogP contribution in [0.25, 0.3) is 57.5 Å². The summed E-state index contributed by atoms with van der Waals surface area (Å²) < 4.78 is 0. The summed E-state index contributed by atoms with van der Waals surface area (Å²) in [7, 11) is 0. The van der Waals surface area contributed by atoms with Gasteiger partial charge in [0.1, 0.15) is 0 Å². The number of amides is 1. The number of hydrogen-bond acceptors (Lipinski definition) is 3. The van der Waals surface area contributed by atoms with Gasteiger partial charge in [-0.15, -0.1) is 0 Å². The molecule has 6 rings (SSSR count). The summed E-state index contributed by atoms with van der Waals surface area (Å²) in [6, 6.07) is 19.8. The van der Waals surface area contributed by atoms with Gasteiger partial charge in [-0.05, 0) is 97.0 Å².